The number of aromatic nitrogens is 2. The lowest BCUT2D eigenvalue weighted by Gasteiger charge is -2.12. The molecule has 0 unspecified atom stereocenters. The Kier molecular flexibility index (Phi) is 6.01. The Balaban J connectivity index is 1.93. The van der Waals surface area contributed by atoms with Crippen molar-refractivity contribution in [3.63, 3.8) is 0 Å². The van der Waals surface area contributed by atoms with Gasteiger partial charge in [-0.3, -0.25) is 4.79 Å². The SMILES string of the molecule is Cc1ccc(S(=O)(=O)n2c(C(=O)c3ccccc3)c(Nc3cccc(Cl)c3)[nH]c2=S)cc1. The van der Waals surface area contributed by atoms with E-state index < -0.39 is 15.8 Å². The van der Waals surface area contributed by atoms with E-state index in [-0.39, 0.29) is 21.2 Å². The fraction of sp³-hybridized carbons (Fsp3) is 0.0435. The molecule has 0 saturated heterocycles. The van der Waals surface area contributed by atoms with Crippen molar-refractivity contribution < 1.29 is 13.2 Å². The van der Waals surface area contributed by atoms with Crippen LogP contribution in [-0.4, -0.2) is 23.2 Å². The van der Waals surface area contributed by atoms with Crippen LogP contribution in [0.2, 0.25) is 5.02 Å². The van der Waals surface area contributed by atoms with E-state index in [9.17, 15) is 13.2 Å². The van der Waals surface area contributed by atoms with Gasteiger partial charge in [0.1, 0.15) is 11.5 Å². The minimum absolute atomic E-state index is 0.0228. The molecule has 0 atom stereocenters. The quantitative estimate of drug-likeness (QED) is 0.270. The number of carbonyl (C=O) groups is 1. The number of H-pyrrole nitrogens is 1. The van der Waals surface area contributed by atoms with Gasteiger partial charge >= 0.3 is 0 Å². The summed E-state index contributed by atoms with van der Waals surface area (Å²) in [7, 11) is -4.16. The first kappa shape index (κ1) is 22.0. The fourth-order valence-electron chi connectivity index (χ4n) is 3.20. The van der Waals surface area contributed by atoms with Crippen LogP contribution in [-0.2, 0) is 10.0 Å². The van der Waals surface area contributed by atoms with Crippen LogP contribution in [0.5, 0.6) is 0 Å². The number of carbonyl (C=O) groups excluding carboxylic acids is 1. The summed E-state index contributed by atoms with van der Waals surface area (Å²) in [6, 6.07) is 21.6. The number of aromatic amines is 1. The molecule has 0 aliphatic heterocycles. The van der Waals surface area contributed by atoms with Crippen LogP contribution >= 0.6 is 23.8 Å². The van der Waals surface area contributed by atoms with E-state index in [1.807, 2.05) is 6.92 Å². The molecular formula is C23H18ClN3O3S2. The summed E-state index contributed by atoms with van der Waals surface area (Å²) in [6.07, 6.45) is 0. The molecule has 0 aliphatic rings. The molecule has 0 bridgehead atoms. The van der Waals surface area contributed by atoms with Crippen molar-refractivity contribution in [1.29, 1.82) is 0 Å². The number of imidazole rings is 1. The number of nitrogens with zero attached hydrogens (tertiary/aromatic N) is 1. The molecule has 0 spiro atoms. The zero-order valence-electron chi connectivity index (χ0n) is 16.9. The van der Waals surface area contributed by atoms with Crippen molar-refractivity contribution in [3.8, 4) is 0 Å². The van der Waals surface area contributed by atoms with Gasteiger partial charge in [0, 0.05) is 16.3 Å². The van der Waals surface area contributed by atoms with Crippen LogP contribution in [0.15, 0.2) is 83.8 Å². The summed E-state index contributed by atoms with van der Waals surface area (Å²) in [6.45, 7) is 1.86. The summed E-state index contributed by atoms with van der Waals surface area (Å²) in [5.41, 5.74) is 1.67. The van der Waals surface area contributed by atoms with Gasteiger partial charge in [0.2, 0.25) is 5.78 Å². The third-order valence-corrected chi connectivity index (χ3v) is 7.11. The Morgan fingerprint density at radius 2 is 1.69 bits per heavy atom. The Bertz CT molecular complexity index is 1460. The van der Waals surface area contributed by atoms with Crippen molar-refractivity contribution in [2.24, 2.45) is 0 Å². The van der Waals surface area contributed by atoms with Crippen LogP contribution in [0.1, 0.15) is 21.6 Å². The molecule has 0 radical (unpaired) electrons. The molecule has 0 fully saturated rings. The highest BCUT2D eigenvalue weighted by molar-refractivity contribution is 7.90. The maximum Gasteiger partial charge on any atom is 0.270 e. The first-order valence-corrected chi connectivity index (χ1v) is 11.8. The Morgan fingerprint density at radius 1 is 1.00 bits per heavy atom. The third-order valence-electron chi connectivity index (χ3n) is 4.76. The highest BCUT2D eigenvalue weighted by atomic mass is 35.5. The number of ketones is 1. The van der Waals surface area contributed by atoms with Gasteiger partial charge < -0.3 is 10.3 Å². The highest BCUT2D eigenvalue weighted by Gasteiger charge is 2.29. The number of hydrogen-bond donors (Lipinski definition) is 2. The number of rotatable bonds is 6. The maximum absolute atomic E-state index is 13.5. The van der Waals surface area contributed by atoms with Crippen molar-refractivity contribution >= 4 is 51.1 Å². The molecule has 4 aromatic rings. The van der Waals surface area contributed by atoms with Crippen molar-refractivity contribution in [2.45, 2.75) is 11.8 Å². The van der Waals surface area contributed by atoms with Gasteiger partial charge in [-0.2, -0.15) is 0 Å². The lowest BCUT2D eigenvalue weighted by atomic mass is 10.1. The summed E-state index contributed by atoms with van der Waals surface area (Å²) in [5.74, 6) is -0.347. The summed E-state index contributed by atoms with van der Waals surface area (Å²) in [4.78, 5) is 16.3. The first-order valence-electron chi connectivity index (χ1n) is 9.57. The molecule has 32 heavy (non-hydrogen) atoms. The standard InChI is InChI=1S/C23H18ClN3O3S2/c1-15-10-12-19(13-11-15)32(29,30)27-20(21(28)16-6-3-2-4-7-16)22(26-23(27)31)25-18-9-5-8-17(24)14-18/h2-14,25H,1H3,(H,26,31). The second-order valence-electron chi connectivity index (χ2n) is 7.07. The normalized spacial score (nSPS) is 11.3. The molecule has 0 saturated carbocycles. The van der Waals surface area contributed by atoms with E-state index in [2.05, 4.69) is 10.3 Å². The van der Waals surface area contributed by atoms with E-state index in [1.165, 1.54) is 12.1 Å². The van der Waals surface area contributed by atoms with E-state index in [0.29, 0.717) is 16.3 Å². The van der Waals surface area contributed by atoms with Crippen molar-refractivity contribution in [2.75, 3.05) is 5.32 Å². The molecule has 0 amide bonds. The zero-order chi connectivity index (χ0) is 22.9. The predicted octanol–water partition coefficient (Wildman–Crippen LogP) is 5.72. The molecule has 0 aliphatic carbocycles. The summed E-state index contributed by atoms with van der Waals surface area (Å²) < 4.78 is 27.8. The lowest BCUT2D eigenvalue weighted by molar-refractivity contribution is 0.103. The molecule has 1 aromatic heterocycles. The fourth-order valence-corrected chi connectivity index (χ4v) is 5.25. The largest absolute Gasteiger partial charge is 0.340 e. The second-order valence-corrected chi connectivity index (χ2v) is 9.68. The molecule has 1 heterocycles. The molecular weight excluding hydrogens is 466 g/mol. The molecule has 6 nitrogen and oxygen atoms in total. The van der Waals surface area contributed by atoms with Crippen molar-refractivity contribution in [1.82, 2.24) is 8.96 Å². The zero-order valence-corrected chi connectivity index (χ0v) is 19.3. The number of halogens is 1. The van der Waals surface area contributed by atoms with Gasteiger partial charge in [-0.05, 0) is 49.5 Å². The Labute approximate surface area is 195 Å². The van der Waals surface area contributed by atoms with E-state index >= 15 is 0 Å². The Hall–Kier alpha value is -3.20. The Morgan fingerprint density at radius 3 is 2.34 bits per heavy atom. The van der Waals surface area contributed by atoms with Crippen LogP contribution in [0.4, 0.5) is 11.5 Å². The van der Waals surface area contributed by atoms with Gasteiger partial charge in [0.15, 0.2) is 4.77 Å². The first-order chi connectivity index (χ1) is 15.3. The molecule has 4 rings (SSSR count). The topological polar surface area (TPSA) is 84.0 Å². The molecule has 162 valence electrons. The van der Waals surface area contributed by atoms with E-state index in [0.717, 1.165) is 9.54 Å². The number of nitrogens with one attached hydrogen (secondary N) is 2. The number of aryl methyl sites for hydroxylation is 1. The van der Waals surface area contributed by atoms with Crippen LogP contribution in [0.25, 0.3) is 0 Å². The van der Waals surface area contributed by atoms with Crippen LogP contribution < -0.4 is 5.32 Å². The minimum atomic E-state index is -4.16. The van der Waals surface area contributed by atoms with Gasteiger partial charge in [-0.1, -0.05) is 65.7 Å². The molecule has 9 heteroatoms. The molecule has 2 N–H and O–H groups in total. The third kappa shape index (κ3) is 4.25. The highest BCUT2D eigenvalue weighted by Crippen LogP contribution is 2.28. The number of benzene rings is 3. The lowest BCUT2D eigenvalue weighted by Crippen LogP contribution is -2.20. The summed E-state index contributed by atoms with van der Waals surface area (Å²) >= 11 is 11.4. The smallest absolute Gasteiger partial charge is 0.270 e. The van der Waals surface area contributed by atoms with Gasteiger partial charge in [-0.15, -0.1) is 0 Å². The number of anilines is 2. The van der Waals surface area contributed by atoms with Gasteiger partial charge in [-0.25, -0.2) is 12.4 Å². The number of hydrogen-bond acceptors (Lipinski definition) is 5. The van der Waals surface area contributed by atoms with Crippen LogP contribution in [0, 0.1) is 11.7 Å². The van der Waals surface area contributed by atoms with E-state index in [1.54, 1.807) is 66.7 Å². The van der Waals surface area contributed by atoms with Crippen molar-refractivity contribution in [3.05, 3.63) is 105 Å². The van der Waals surface area contributed by atoms with Gasteiger partial charge in [0.05, 0.1) is 4.90 Å². The monoisotopic (exact) mass is 483 g/mol. The maximum atomic E-state index is 13.5. The average molecular weight is 484 g/mol. The van der Waals surface area contributed by atoms with Crippen LogP contribution in [0.3, 0.4) is 0 Å². The minimum Gasteiger partial charge on any atom is -0.340 e. The second kappa shape index (κ2) is 8.74. The summed E-state index contributed by atoms with van der Waals surface area (Å²) in [5, 5.41) is 3.53. The molecule has 3 aromatic carbocycles. The van der Waals surface area contributed by atoms with E-state index in [4.69, 9.17) is 23.8 Å². The van der Waals surface area contributed by atoms with Gasteiger partial charge in [0.25, 0.3) is 10.0 Å². The average Bonchev–Trinajstić information content (AvgIpc) is 3.10. The predicted molar refractivity (Wildman–Crippen MR) is 128 cm³/mol.